The summed E-state index contributed by atoms with van der Waals surface area (Å²) in [6.45, 7) is 4.90. The third kappa shape index (κ3) is 5.05. The van der Waals surface area contributed by atoms with Gasteiger partial charge in [0.1, 0.15) is 0 Å². The van der Waals surface area contributed by atoms with E-state index in [1.165, 1.54) is 10.0 Å². The number of hydrogen-bond donors (Lipinski definition) is 1. The molecular formula is C21H22N2O2SSe. The van der Waals surface area contributed by atoms with E-state index in [-0.39, 0.29) is 20.5 Å². The maximum atomic E-state index is 12.4. The average molecular weight is 445 g/mol. The van der Waals surface area contributed by atoms with Crippen LogP contribution >= 0.6 is 12.2 Å². The standard InChI is InChI=1S/C21H22N2O2SSe/c1-3-18-19(24)22-21(26)23(14-25-13-16-9-5-4-6-10-16)20(18)27-17-11-7-8-15(2)12-17/h4-12H,3,13-14H2,1-2H3,(H,22,24,26). The molecule has 1 heterocycles. The summed E-state index contributed by atoms with van der Waals surface area (Å²) in [5.41, 5.74) is 3.01. The fourth-order valence-corrected chi connectivity index (χ4v) is 5.70. The molecule has 6 heteroatoms. The van der Waals surface area contributed by atoms with Gasteiger partial charge in [-0.3, -0.25) is 0 Å². The van der Waals surface area contributed by atoms with Crippen LogP contribution in [-0.4, -0.2) is 24.5 Å². The zero-order valence-electron chi connectivity index (χ0n) is 15.4. The van der Waals surface area contributed by atoms with Gasteiger partial charge >= 0.3 is 171 Å². The first-order chi connectivity index (χ1) is 13.1. The molecular weight excluding hydrogens is 423 g/mol. The first-order valence-electron chi connectivity index (χ1n) is 8.80. The molecule has 140 valence electrons. The summed E-state index contributed by atoms with van der Waals surface area (Å²) in [4.78, 5) is 15.2. The summed E-state index contributed by atoms with van der Waals surface area (Å²) < 4.78 is 10.5. The summed E-state index contributed by atoms with van der Waals surface area (Å²) in [6, 6.07) is 18.4. The van der Waals surface area contributed by atoms with E-state index in [2.05, 4.69) is 36.2 Å². The van der Waals surface area contributed by atoms with Crippen molar-refractivity contribution in [3.63, 3.8) is 0 Å². The molecule has 27 heavy (non-hydrogen) atoms. The molecule has 0 saturated carbocycles. The normalized spacial score (nSPS) is 10.9. The number of aromatic amines is 1. The van der Waals surface area contributed by atoms with Gasteiger partial charge < -0.3 is 0 Å². The van der Waals surface area contributed by atoms with Crippen molar-refractivity contribution in [2.24, 2.45) is 0 Å². The number of ether oxygens (including phenoxy) is 1. The Balaban J connectivity index is 1.91. The number of nitrogens with one attached hydrogen (secondary N) is 1. The van der Waals surface area contributed by atoms with Crippen molar-refractivity contribution in [3.05, 3.63) is 86.4 Å². The molecule has 0 fully saturated rings. The molecule has 0 aliphatic heterocycles. The van der Waals surface area contributed by atoms with Gasteiger partial charge in [0.25, 0.3) is 0 Å². The molecule has 0 aliphatic carbocycles. The minimum atomic E-state index is -0.0914. The van der Waals surface area contributed by atoms with Gasteiger partial charge in [-0.2, -0.15) is 0 Å². The van der Waals surface area contributed by atoms with Crippen LogP contribution in [0.25, 0.3) is 0 Å². The van der Waals surface area contributed by atoms with Crippen LogP contribution in [-0.2, 0) is 24.5 Å². The van der Waals surface area contributed by atoms with Crippen LogP contribution < -0.4 is 14.6 Å². The van der Waals surface area contributed by atoms with Crippen molar-refractivity contribution in [2.45, 2.75) is 33.6 Å². The van der Waals surface area contributed by atoms with Crippen LogP contribution in [0.3, 0.4) is 0 Å². The van der Waals surface area contributed by atoms with Gasteiger partial charge in [0.15, 0.2) is 0 Å². The number of benzene rings is 2. The van der Waals surface area contributed by atoms with Crippen molar-refractivity contribution in [1.82, 2.24) is 9.55 Å². The summed E-state index contributed by atoms with van der Waals surface area (Å²) in [6.07, 6.45) is 0.659. The van der Waals surface area contributed by atoms with E-state index >= 15 is 0 Å². The fourth-order valence-electron chi connectivity index (χ4n) is 2.76. The van der Waals surface area contributed by atoms with Gasteiger partial charge in [-0.25, -0.2) is 0 Å². The molecule has 2 aromatic carbocycles. The second kappa shape index (κ2) is 9.29. The Morgan fingerprint density at radius 1 is 1.15 bits per heavy atom. The van der Waals surface area contributed by atoms with Crippen LogP contribution in [0.2, 0.25) is 0 Å². The molecule has 0 spiro atoms. The maximum absolute atomic E-state index is 12.4. The van der Waals surface area contributed by atoms with E-state index in [9.17, 15) is 4.79 Å². The zero-order valence-corrected chi connectivity index (χ0v) is 17.9. The topological polar surface area (TPSA) is 47.0 Å². The van der Waals surface area contributed by atoms with Crippen molar-refractivity contribution in [2.75, 3.05) is 0 Å². The van der Waals surface area contributed by atoms with Crippen LogP contribution in [0.5, 0.6) is 0 Å². The SMILES string of the molecule is CCc1c([Se]c2cccc(C)c2)n(COCc2ccccc2)c(=S)[nH]c1=O. The summed E-state index contributed by atoms with van der Waals surface area (Å²) in [5, 5.41) is 0. The molecule has 0 atom stereocenters. The summed E-state index contributed by atoms with van der Waals surface area (Å²) in [5.74, 6) is 0. The monoisotopic (exact) mass is 446 g/mol. The Bertz CT molecular complexity index is 1030. The Morgan fingerprint density at radius 3 is 2.63 bits per heavy atom. The second-order valence-corrected chi connectivity index (χ2v) is 8.82. The molecule has 0 radical (unpaired) electrons. The number of aromatic nitrogens is 2. The number of rotatable bonds is 7. The van der Waals surface area contributed by atoms with Crippen molar-refractivity contribution in [1.29, 1.82) is 0 Å². The van der Waals surface area contributed by atoms with E-state index < -0.39 is 0 Å². The second-order valence-electron chi connectivity index (χ2n) is 6.21. The number of hydrogen-bond acceptors (Lipinski definition) is 3. The molecule has 3 aromatic rings. The summed E-state index contributed by atoms with van der Waals surface area (Å²) in [7, 11) is 0. The van der Waals surface area contributed by atoms with Crippen molar-refractivity contribution < 1.29 is 4.74 Å². The van der Waals surface area contributed by atoms with Gasteiger partial charge in [0.05, 0.1) is 0 Å². The molecule has 1 aromatic heterocycles. The van der Waals surface area contributed by atoms with Crippen LogP contribution in [0.1, 0.15) is 23.6 Å². The minimum absolute atomic E-state index is 0.0325. The molecule has 0 aliphatic rings. The van der Waals surface area contributed by atoms with E-state index in [1.54, 1.807) is 0 Å². The predicted octanol–water partition coefficient (Wildman–Crippen LogP) is 2.61. The molecule has 1 N–H and O–H groups in total. The number of aryl methyl sites for hydroxylation is 1. The first-order valence-corrected chi connectivity index (χ1v) is 10.9. The first kappa shape index (κ1) is 19.8. The predicted molar refractivity (Wildman–Crippen MR) is 113 cm³/mol. The molecule has 3 rings (SSSR count). The van der Waals surface area contributed by atoms with Gasteiger partial charge in [0.2, 0.25) is 0 Å². The molecule has 0 amide bonds. The van der Waals surface area contributed by atoms with Crippen LogP contribution in [0.15, 0.2) is 59.4 Å². The number of H-pyrrole nitrogens is 1. The third-order valence-electron chi connectivity index (χ3n) is 4.13. The molecule has 0 unspecified atom stereocenters. The van der Waals surface area contributed by atoms with E-state index in [1.807, 2.05) is 41.8 Å². The third-order valence-corrected chi connectivity index (χ3v) is 6.87. The average Bonchev–Trinajstić information content (AvgIpc) is 2.65. The zero-order chi connectivity index (χ0) is 19.2. The Kier molecular flexibility index (Phi) is 6.80. The van der Waals surface area contributed by atoms with Gasteiger partial charge in [-0.15, -0.1) is 0 Å². The van der Waals surface area contributed by atoms with Crippen LogP contribution in [0.4, 0.5) is 0 Å². The van der Waals surface area contributed by atoms with Crippen molar-refractivity contribution >= 4 is 36.2 Å². The van der Waals surface area contributed by atoms with Crippen molar-refractivity contribution in [3.8, 4) is 0 Å². The Morgan fingerprint density at radius 2 is 1.93 bits per heavy atom. The molecule has 0 bridgehead atoms. The fraction of sp³-hybridized carbons (Fsp3) is 0.238. The Labute approximate surface area is 170 Å². The van der Waals surface area contributed by atoms with Gasteiger partial charge in [-0.05, 0) is 0 Å². The molecule has 0 saturated heterocycles. The van der Waals surface area contributed by atoms with E-state index in [0.717, 1.165) is 15.7 Å². The van der Waals surface area contributed by atoms with Gasteiger partial charge in [-0.1, -0.05) is 0 Å². The van der Waals surface area contributed by atoms with E-state index in [4.69, 9.17) is 17.0 Å². The summed E-state index contributed by atoms with van der Waals surface area (Å²) >= 11 is 5.41. The number of nitrogens with zero attached hydrogens (tertiary/aromatic N) is 1. The quantitative estimate of drug-likeness (QED) is 0.449. The molecule has 4 nitrogen and oxygen atoms in total. The van der Waals surface area contributed by atoms with Crippen LogP contribution in [0, 0.1) is 11.7 Å². The Hall–Kier alpha value is -1.98. The van der Waals surface area contributed by atoms with Gasteiger partial charge in [0, 0.05) is 0 Å². The van der Waals surface area contributed by atoms with E-state index in [0.29, 0.717) is 24.5 Å².